The third kappa shape index (κ3) is 5.19. The fraction of sp³-hybridized carbons (Fsp3) is 0.391. The highest BCUT2D eigenvalue weighted by molar-refractivity contribution is 6.10. The summed E-state index contributed by atoms with van der Waals surface area (Å²) in [6.45, 7) is 12.0. The minimum Gasteiger partial charge on any atom is -0.351 e. The number of carbonyl (C=O) groups is 2. The number of aryl methyl sites for hydroxylation is 1. The van der Waals surface area contributed by atoms with E-state index in [-0.39, 0.29) is 17.2 Å². The first-order valence-electron chi connectivity index (χ1n) is 9.26. The zero-order valence-corrected chi connectivity index (χ0v) is 17.1. The molecule has 2 aromatic rings. The largest absolute Gasteiger partial charge is 0.351 e. The monoisotopic (exact) mass is 366 g/mol. The number of amides is 2. The van der Waals surface area contributed by atoms with Crippen LogP contribution in [0.3, 0.4) is 0 Å². The summed E-state index contributed by atoms with van der Waals surface area (Å²) in [6, 6.07) is 15.7. The van der Waals surface area contributed by atoms with Gasteiger partial charge in [-0.25, -0.2) is 0 Å². The minimum absolute atomic E-state index is 0.109. The van der Waals surface area contributed by atoms with E-state index in [4.69, 9.17) is 0 Å². The van der Waals surface area contributed by atoms with Gasteiger partial charge < -0.3 is 10.6 Å². The van der Waals surface area contributed by atoms with Gasteiger partial charge in [0.25, 0.3) is 0 Å². The standard InChI is InChI=1S/C23H30N2O2/c1-16-11-13-17(14-12-16)15-24-20(26)23(5,6)21(27)25-19-10-8-7-9-18(19)22(2,3)4/h7-14H,15H2,1-6H3,(H,24,26)(H,25,27). The molecule has 0 aliphatic rings. The van der Waals surface area contributed by atoms with Gasteiger partial charge in [-0.15, -0.1) is 0 Å². The Labute approximate surface area is 162 Å². The predicted octanol–water partition coefficient (Wildman–Crippen LogP) is 4.57. The van der Waals surface area contributed by atoms with Gasteiger partial charge in [-0.3, -0.25) is 9.59 Å². The summed E-state index contributed by atoms with van der Waals surface area (Å²) in [5, 5.41) is 5.81. The van der Waals surface area contributed by atoms with Crippen LogP contribution in [-0.2, 0) is 21.5 Å². The first-order chi connectivity index (χ1) is 12.5. The number of hydrogen-bond acceptors (Lipinski definition) is 2. The summed E-state index contributed by atoms with van der Waals surface area (Å²) in [7, 11) is 0. The van der Waals surface area contributed by atoms with Crippen molar-refractivity contribution in [3.05, 3.63) is 65.2 Å². The molecule has 0 atom stereocenters. The maximum Gasteiger partial charge on any atom is 0.239 e. The second-order valence-corrected chi connectivity index (χ2v) is 8.54. The predicted molar refractivity (Wildman–Crippen MR) is 111 cm³/mol. The lowest BCUT2D eigenvalue weighted by Crippen LogP contribution is -2.45. The van der Waals surface area contributed by atoms with Crippen LogP contribution in [-0.4, -0.2) is 11.8 Å². The van der Waals surface area contributed by atoms with Crippen LogP contribution in [0.1, 0.15) is 51.3 Å². The molecule has 4 heteroatoms. The number of hydrogen-bond donors (Lipinski definition) is 2. The molecule has 0 saturated heterocycles. The summed E-state index contributed by atoms with van der Waals surface area (Å²) in [5.74, 6) is -0.616. The van der Waals surface area contributed by atoms with Crippen LogP contribution in [0.15, 0.2) is 48.5 Å². The Morgan fingerprint density at radius 1 is 0.852 bits per heavy atom. The lowest BCUT2D eigenvalue weighted by Gasteiger charge is -2.26. The van der Waals surface area contributed by atoms with E-state index in [9.17, 15) is 9.59 Å². The number of benzene rings is 2. The average Bonchev–Trinajstić information content (AvgIpc) is 2.60. The van der Waals surface area contributed by atoms with E-state index in [1.807, 2.05) is 55.5 Å². The molecule has 0 aromatic heterocycles. The Morgan fingerprint density at radius 3 is 2.04 bits per heavy atom. The van der Waals surface area contributed by atoms with E-state index < -0.39 is 5.41 Å². The highest BCUT2D eigenvalue weighted by Gasteiger charge is 2.36. The van der Waals surface area contributed by atoms with Crippen molar-refractivity contribution < 1.29 is 9.59 Å². The molecule has 0 aliphatic carbocycles. The Balaban J connectivity index is 2.08. The van der Waals surface area contributed by atoms with E-state index in [1.54, 1.807) is 13.8 Å². The fourth-order valence-electron chi connectivity index (χ4n) is 2.74. The van der Waals surface area contributed by atoms with Crippen molar-refractivity contribution in [1.82, 2.24) is 5.32 Å². The van der Waals surface area contributed by atoms with Gasteiger partial charge in [0, 0.05) is 12.2 Å². The molecule has 0 bridgehead atoms. The van der Waals surface area contributed by atoms with E-state index in [0.29, 0.717) is 6.54 Å². The molecule has 0 unspecified atom stereocenters. The second kappa shape index (κ2) is 7.95. The van der Waals surface area contributed by atoms with Crippen LogP contribution in [0.5, 0.6) is 0 Å². The normalized spacial score (nSPS) is 11.8. The third-order valence-corrected chi connectivity index (χ3v) is 4.69. The van der Waals surface area contributed by atoms with Gasteiger partial charge in [0.2, 0.25) is 11.8 Å². The van der Waals surface area contributed by atoms with Crippen molar-refractivity contribution in [3.63, 3.8) is 0 Å². The molecule has 0 heterocycles. The van der Waals surface area contributed by atoms with Crippen molar-refractivity contribution in [2.75, 3.05) is 5.32 Å². The number of para-hydroxylation sites is 1. The van der Waals surface area contributed by atoms with Gasteiger partial charge >= 0.3 is 0 Å². The molecule has 2 rings (SSSR count). The SMILES string of the molecule is Cc1ccc(CNC(=O)C(C)(C)C(=O)Nc2ccccc2C(C)(C)C)cc1. The van der Waals surface area contributed by atoms with Crippen LogP contribution in [0.25, 0.3) is 0 Å². The molecule has 2 amide bonds. The Morgan fingerprint density at radius 2 is 1.44 bits per heavy atom. The molecule has 0 saturated carbocycles. The van der Waals surface area contributed by atoms with Crippen LogP contribution in [0.4, 0.5) is 5.69 Å². The Kier molecular flexibility index (Phi) is 6.09. The first kappa shape index (κ1) is 20.7. The van der Waals surface area contributed by atoms with E-state index in [1.165, 1.54) is 5.56 Å². The third-order valence-electron chi connectivity index (χ3n) is 4.69. The molecular weight excluding hydrogens is 336 g/mol. The van der Waals surface area contributed by atoms with Crippen LogP contribution < -0.4 is 10.6 Å². The van der Waals surface area contributed by atoms with Gasteiger partial charge in [0.15, 0.2) is 0 Å². The Bertz CT molecular complexity index is 815. The van der Waals surface area contributed by atoms with Crippen LogP contribution in [0, 0.1) is 12.3 Å². The van der Waals surface area contributed by atoms with Crippen LogP contribution in [0.2, 0.25) is 0 Å². The number of anilines is 1. The molecular formula is C23H30N2O2. The highest BCUT2D eigenvalue weighted by Crippen LogP contribution is 2.30. The van der Waals surface area contributed by atoms with Gasteiger partial charge in [-0.05, 0) is 43.4 Å². The summed E-state index contributed by atoms with van der Waals surface area (Å²) in [5.41, 5.74) is 2.66. The van der Waals surface area contributed by atoms with Crippen molar-refractivity contribution >= 4 is 17.5 Å². The summed E-state index contributed by atoms with van der Waals surface area (Å²) in [6.07, 6.45) is 0. The van der Waals surface area contributed by atoms with E-state index in [2.05, 4.69) is 31.4 Å². The summed E-state index contributed by atoms with van der Waals surface area (Å²) >= 11 is 0. The van der Waals surface area contributed by atoms with Crippen molar-refractivity contribution in [2.45, 2.75) is 53.5 Å². The molecule has 0 spiro atoms. The van der Waals surface area contributed by atoms with E-state index in [0.717, 1.165) is 16.8 Å². The maximum absolute atomic E-state index is 12.8. The molecule has 0 fully saturated rings. The van der Waals surface area contributed by atoms with Gasteiger partial charge in [-0.1, -0.05) is 68.8 Å². The topological polar surface area (TPSA) is 58.2 Å². The fourth-order valence-corrected chi connectivity index (χ4v) is 2.74. The Hall–Kier alpha value is -2.62. The smallest absolute Gasteiger partial charge is 0.239 e. The number of nitrogens with one attached hydrogen (secondary N) is 2. The van der Waals surface area contributed by atoms with Crippen LogP contribution >= 0.6 is 0 Å². The number of carbonyl (C=O) groups excluding carboxylic acids is 2. The quantitative estimate of drug-likeness (QED) is 0.761. The first-order valence-corrected chi connectivity index (χ1v) is 9.26. The summed E-state index contributed by atoms with van der Waals surface area (Å²) < 4.78 is 0. The van der Waals surface area contributed by atoms with Crippen molar-refractivity contribution in [2.24, 2.45) is 5.41 Å². The van der Waals surface area contributed by atoms with Gasteiger partial charge in [-0.2, -0.15) is 0 Å². The molecule has 144 valence electrons. The highest BCUT2D eigenvalue weighted by atomic mass is 16.2. The summed E-state index contributed by atoms with van der Waals surface area (Å²) in [4.78, 5) is 25.5. The lowest BCUT2D eigenvalue weighted by atomic mass is 9.85. The minimum atomic E-state index is -1.18. The molecule has 4 nitrogen and oxygen atoms in total. The zero-order valence-electron chi connectivity index (χ0n) is 17.1. The van der Waals surface area contributed by atoms with Crippen molar-refractivity contribution in [1.29, 1.82) is 0 Å². The molecule has 27 heavy (non-hydrogen) atoms. The number of rotatable bonds is 5. The molecule has 0 aliphatic heterocycles. The molecule has 2 N–H and O–H groups in total. The van der Waals surface area contributed by atoms with Gasteiger partial charge in [0.05, 0.1) is 0 Å². The van der Waals surface area contributed by atoms with Gasteiger partial charge in [0.1, 0.15) is 5.41 Å². The molecule has 2 aromatic carbocycles. The average molecular weight is 367 g/mol. The second-order valence-electron chi connectivity index (χ2n) is 8.54. The zero-order chi connectivity index (χ0) is 20.2. The lowest BCUT2D eigenvalue weighted by molar-refractivity contribution is -0.138. The molecule has 0 radical (unpaired) electrons. The maximum atomic E-state index is 12.8. The van der Waals surface area contributed by atoms with Crippen molar-refractivity contribution in [3.8, 4) is 0 Å². The van der Waals surface area contributed by atoms with E-state index >= 15 is 0 Å².